The van der Waals surface area contributed by atoms with Crippen LogP contribution in [0.3, 0.4) is 0 Å². The van der Waals surface area contributed by atoms with Gasteiger partial charge in [-0.15, -0.1) is 11.3 Å². The number of amides is 2. The summed E-state index contributed by atoms with van der Waals surface area (Å²) in [4.78, 5) is 26.4. The lowest BCUT2D eigenvalue weighted by Crippen LogP contribution is -2.37. The van der Waals surface area contributed by atoms with Gasteiger partial charge in [0.05, 0.1) is 10.9 Å². The van der Waals surface area contributed by atoms with Crippen LogP contribution in [0, 0.1) is 12.8 Å². The van der Waals surface area contributed by atoms with E-state index in [4.69, 9.17) is 5.11 Å². The van der Waals surface area contributed by atoms with Crippen molar-refractivity contribution >= 4 is 23.3 Å². The minimum atomic E-state index is -0.798. The molecular formula is C13H21N3O3S. The molecule has 20 heavy (non-hydrogen) atoms. The molecule has 0 aliphatic rings. The third kappa shape index (κ3) is 6.51. The first kappa shape index (κ1) is 16.4. The molecule has 0 saturated carbocycles. The number of hydrogen-bond acceptors (Lipinski definition) is 4. The molecule has 1 aromatic rings. The zero-order valence-corrected chi connectivity index (χ0v) is 12.6. The number of nitrogens with one attached hydrogen (secondary N) is 2. The summed E-state index contributed by atoms with van der Waals surface area (Å²) in [5.74, 6) is -1.17. The number of aromatic nitrogens is 1. The second-order valence-corrected chi connectivity index (χ2v) is 5.64. The molecule has 1 rings (SSSR count). The van der Waals surface area contributed by atoms with Gasteiger partial charge >= 0.3 is 12.0 Å². The lowest BCUT2D eigenvalue weighted by atomic mass is 10.1. The SMILES string of the molecule is Cc1csc(CCNC(=O)NCCCC(C)C(=O)O)n1. The number of carbonyl (C=O) groups excluding carboxylic acids is 1. The Hall–Kier alpha value is -1.63. The van der Waals surface area contributed by atoms with Crippen molar-refractivity contribution in [1.29, 1.82) is 0 Å². The van der Waals surface area contributed by atoms with Crippen LogP contribution in [-0.2, 0) is 11.2 Å². The van der Waals surface area contributed by atoms with Crippen LogP contribution in [0.5, 0.6) is 0 Å². The van der Waals surface area contributed by atoms with Gasteiger partial charge in [0.15, 0.2) is 0 Å². The molecule has 1 heterocycles. The van der Waals surface area contributed by atoms with Crippen LogP contribution in [0.1, 0.15) is 30.5 Å². The number of aliphatic carboxylic acids is 1. The Labute approximate surface area is 122 Å². The smallest absolute Gasteiger partial charge is 0.314 e. The van der Waals surface area contributed by atoms with E-state index in [9.17, 15) is 9.59 Å². The maximum atomic E-state index is 11.5. The molecule has 0 spiro atoms. The second-order valence-electron chi connectivity index (χ2n) is 4.70. The van der Waals surface area contributed by atoms with Gasteiger partial charge in [-0.25, -0.2) is 9.78 Å². The quantitative estimate of drug-likeness (QED) is 0.638. The number of urea groups is 1. The largest absolute Gasteiger partial charge is 0.481 e. The molecule has 2 amide bonds. The summed E-state index contributed by atoms with van der Waals surface area (Å²) in [7, 11) is 0. The zero-order chi connectivity index (χ0) is 15.0. The van der Waals surface area contributed by atoms with Crippen LogP contribution in [0.15, 0.2) is 5.38 Å². The van der Waals surface area contributed by atoms with Crippen LogP contribution in [0.4, 0.5) is 4.79 Å². The van der Waals surface area contributed by atoms with Crippen molar-refractivity contribution in [3.8, 4) is 0 Å². The molecule has 0 aromatic carbocycles. The van der Waals surface area contributed by atoms with Crippen molar-refractivity contribution in [1.82, 2.24) is 15.6 Å². The molecule has 7 heteroatoms. The van der Waals surface area contributed by atoms with Gasteiger partial charge in [-0.2, -0.15) is 0 Å². The van der Waals surface area contributed by atoms with Gasteiger partial charge in [0, 0.05) is 30.6 Å². The van der Waals surface area contributed by atoms with Crippen LogP contribution in [0.25, 0.3) is 0 Å². The van der Waals surface area contributed by atoms with Crippen LogP contribution < -0.4 is 10.6 Å². The summed E-state index contributed by atoms with van der Waals surface area (Å²) in [6.07, 6.45) is 1.95. The van der Waals surface area contributed by atoms with Crippen molar-refractivity contribution in [2.75, 3.05) is 13.1 Å². The van der Waals surface area contributed by atoms with E-state index in [0.29, 0.717) is 25.9 Å². The van der Waals surface area contributed by atoms with Gasteiger partial charge in [-0.3, -0.25) is 4.79 Å². The highest BCUT2D eigenvalue weighted by Crippen LogP contribution is 2.08. The first-order valence-electron chi connectivity index (χ1n) is 6.64. The Morgan fingerprint density at radius 1 is 1.40 bits per heavy atom. The molecular weight excluding hydrogens is 278 g/mol. The molecule has 1 unspecified atom stereocenters. The Morgan fingerprint density at radius 3 is 2.70 bits per heavy atom. The number of hydrogen-bond donors (Lipinski definition) is 3. The summed E-state index contributed by atoms with van der Waals surface area (Å²) in [6, 6.07) is -0.221. The Bertz CT molecular complexity index is 448. The molecule has 0 fully saturated rings. The summed E-state index contributed by atoms with van der Waals surface area (Å²) in [5, 5.41) is 17.2. The fourth-order valence-corrected chi connectivity index (χ4v) is 2.37. The molecule has 6 nitrogen and oxygen atoms in total. The van der Waals surface area contributed by atoms with Crippen molar-refractivity contribution in [3.63, 3.8) is 0 Å². The number of aryl methyl sites for hydroxylation is 1. The molecule has 0 aliphatic carbocycles. The van der Waals surface area contributed by atoms with Crippen molar-refractivity contribution in [2.45, 2.75) is 33.1 Å². The van der Waals surface area contributed by atoms with Gasteiger partial charge in [0.25, 0.3) is 0 Å². The van der Waals surface area contributed by atoms with E-state index in [2.05, 4.69) is 15.6 Å². The average Bonchev–Trinajstić information content (AvgIpc) is 2.80. The number of carbonyl (C=O) groups is 2. The normalized spacial score (nSPS) is 11.9. The first-order valence-corrected chi connectivity index (χ1v) is 7.52. The predicted octanol–water partition coefficient (Wildman–Crippen LogP) is 1.79. The maximum Gasteiger partial charge on any atom is 0.314 e. The van der Waals surface area contributed by atoms with E-state index in [0.717, 1.165) is 17.1 Å². The fraction of sp³-hybridized carbons (Fsp3) is 0.615. The summed E-state index contributed by atoms with van der Waals surface area (Å²) in [6.45, 7) is 4.64. The second kappa shape index (κ2) is 8.52. The molecule has 1 aromatic heterocycles. The standard InChI is InChI=1S/C13H21N3O3S/c1-9(12(17)18)4-3-6-14-13(19)15-7-5-11-16-10(2)8-20-11/h8-9H,3-7H2,1-2H3,(H,17,18)(H2,14,15,19). The number of thiazole rings is 1. The van der Waals surface area contributed by atoms with Crippen LogP contribution in [0.2, 0.25) is 0 Å². The minimum Gasteiger partial charge on any atom is -0.481 e. The average molecular weight is 299 g/mol. The zero-order valence-electron chi connectivity index (χ0n) is 11.8. The fourth-order valence-electron chi connectivity index (χ4n) is 1.60. The molecule has 0 aliphatic heterocycles. The number of nitrogens with zero attached hydrogens (tertiary/aromatic N) is 1. The molecule has 1 atom stereocenters. The Balaban J connectivity index is 2.04. The van der Waals surface area contributed by atoms with Gasteiger partial charge < -0.3 is 15.7 Å². The third-order valence-corrected chi connectivity index (χ3v) is 3.84. The van der Waals surface area contributed by atoms with E-state index >= 15 is 0 Å². The summed E-state index contributed by atoms with van der Waals surface area (Å²) >= 11 is 1.59. The van der Waals surface area contributed by atoms with Gasteiger partial charge in [-0.05, 0) is 19.8 Å². The van der Waals surface area contributed by atoms with Crippen LogP contribution >= 0.6 is 11.3 Å². The van der Waals surface area contributed by atoms with Crippen molar-refractivity contribution in [3.05, 3.63) is 16.1 Å². The van der Waals surface area contributed by atoms with Gasteiger partial charge in [0.1, 0.15) is 0 Å². The lowest BCUT2D eigenvalue weighted by Gasteiger charge is -2.08. The summed E-state index contributed by atoms with van der Waals surface area (Å²) < 4.78 is 0. The Kier molecular flexibility index (Phi) is 7.00. The molecule has 0 bridgehead atoms. The van der Waals surface area contributed by atoms with Crippen molar-refractivity contribution in [2.24, 2.45) is 5.92 Å². The van der Waals surface area contributed by atoms with Gasteiger partial charge in [-0.1, -0.05) is 6.92 Å². The highest BCUT2D eigenvalue weighted by Gasteiger charge is 2.10. The number of carboxylic acids is 1. The van der Waals surface area contributed by atoms with Crippen LogP contribution in [-0.4, -0.2) is 35.2 Å². The highest BCUT2D eigenvalue weighted by atomic mass is 32.1. The molecule has 112 valence electrons. The highest BCUT2D eigenvalue weighted by molar-refractivity contribution is 7.09. The monoisotopic (exact) mass is 299 g/mol. The predicted molar refractivity (Wildman–Crippen MR) is 78.0 cm³/mol. The van der Waals surface area contributed by atoms with E-state index in [1.165, 1.54) is 0 Å². The van der Waals surface area contributed by atoms with Gasteiger partial charge in [0.2, 0.25) is 0 Å². The molecule has 3 N–H and O–H groups in total. The molecule has 0 saturated heterocycles. The maximum absolute atomic E-state index is 11.5. The molecule has 0 radical (unpaired) electrons. The number of rotatable bonds is 8. The van der Waals surface area contributed by atoms with E-state index < -0.39 is 5.97 Å². The lowest BCUT2D eigenvalue weighted by molar-refractivity contribution is -0.141. The topological polar surface area (TPSA) is 91.3 Å². The first-order chi connectivity index (χ1) is 9.49. The van der Waals surface area contributed by atoms with E-state index in [-0.39, 0.29) is 11.9 Å². The Morgan fingerprint density at radius 2 is 2.10 bits per heavy atom. The van der Waals surface area contributed by atoms with E-state index in [1.54, 1.807) is 18.3 Å². The van der Waals surface area contributed by atoms with E-state index in [1.807, 2.05) is 12.3 Å². The third-order valence-electron chi connectivity index (χ3n) is 2.81. The van der Waals surface area contributed by atoms with Crippen molar-refractivity contribution < 1.29 is 14.7 Å². The minimum absolute atomic E-state index is 0.221. The number of carboxylic acid groups (broad SMARTS) is 1. The summed E-state index contributed by atoms with van der Waals surface area (Å²) in [5.41, 5.74) is 1.00.